The monoisotopic (exact) mass is 253 g/mol. The summed E-state index contributed by atoms with van der Waals surface area (Å²) in [4.78, 5) is 7.03. The third kappa shape index (κ3) is 2.34. The van der Waals surface area contributed by atoms with E-state index in [0.29, 0.717) is 12.6 Å². The zero-order valence-corrected chi connectivity index (χ0v) is 11.0. The van der Waals surface area contributed by atoms with Crippen molar-refractivity contribution in [3.8, 4) is 0 Å². The summed E-state index contributed by atoms with van der Waals surface area (Å²) in [5, 5.41) is 1.20. The molecular weight excluding hydrogens is 234 g/mol. The molecule has 0 saturated heterocycles. The Kier molecular flexibility index (Phi) is 3.22. The molecule has 1 aromatic carbocycles. The van der Waals surface area contributed by atoms with Gasteiger partial charge in [0, 0.05) is 30.2 Å². The lowest BCUT2D eigenvalue weighted by molar-refractivity contribution is 0.861. The van der Waals surface area contributed by atoms with Gasteiger partial charge in [0.2, 0.25) is 0 Å². The van der Waals surface area contributed by atoms with Gasteiger partial charge in [0.1, 0.15) is 0 Å². The maximum absolute atomic E-state index is 5.77. The van der Waals surface area contributed by atoms with E-state index in [4.69, 9.17) is 5.73 Å². The minimum atomic E-state index is 0.477. The van der Waals surface area contributed by atoms with Crippen LogP contribution in [0.1, 0.15) is 18.5 Å². The highest BCUT2D eigenvalue weighted by Crippen LogP contribution is 2.35. The van der Waals surface area contributed by atoms with E-state index in [2.05, 4.69) is 40.7 Å². The van der Waals surface area contributed by atoms with Gasteiger partial charge in [-0.15, -0.1) is 6.58 Å². The van der Waals surface area contributed by atoms with Crippen LogP contribution in [0.5, 0.6) is 0 Å². The third-order valence-corrected chi connectivity index (χ3v) is 3.58. The third-order valence-electron chi connectivity index (χ3n) is 3.58. The van der Waals surface area contributed by atoms with Crippen LogP contribution < -0.4 is 10.6 Å². The van der Waals surface area contributed by atoms with Crippen molar-refractivity contribution in [1.29, 1.82) is 0 Å². The number of rotatable bonds is 5. The van der Waals surface area contributed by atoms with Crippen LogP contribution in [0, 0.1) is 0 Å². The SMILES string of the molecule is C=CCN(c1cc(CN)nc2ccccc12)C1CC1. The summed E-state index contributed by atoms with van der Waals surface area (Å²) < 4.78 is 0. The van der Waals surface area contributed by atoms with Gasteiger partial charge in [0.05, 0.1) is 11.2 Å². The number of nitrogens with zero attached hydrogens (tertiary/aromatic N) is 2. The topological polar surface area (TPSA) is 42.1 Å². The zero-order chi connectivity index (χ0) is 13.2. The molecule has 1 saturated carbocycles. The first-order chi connectivity index (χ1) is 9.33. The van der Waals surface area contributed by atoms with E-state index in [-0.39, 0.29) is 0 Å². The van der Waals surface area contributed by atoms with Gasteiger partial charge in [-0.3, -0.25) is 4.98 Å². The minimum Gasteiger partial charge on any atom is -0.364 e. The summed E-state index contributed by atoms with van der Waals surface area (Å²) in [7, 11) is 0. The normalized spacial score (nSPS) is 14.6. The van der Waals surface area contributed by atoms with E-state index in [9.17, 15) is 0 Å². The second-order valence-corrected chi connectivity index (χ2v) is 5.03. The van der Waals surface area contributed by atoms with Crippen molar-refractivity contribution in [2.24, 2.45) is 5.73 Å². The molecule has 98 valence electrons. The van der Waals surface area contributed by atoms with Crippen LogP contribution in [0.2, 0.25) is 0 Å². The molecule has 0 unspecified atom stereocenters. The standard InChI is InChI=1S/C16H19N3/c1-2-9-19(13-7-8-13)16-10-12(11-17)18-15-6-4-3-5-14(15)16/h2-6,10,13H,1,7-9,11,17H2. The van der Waals surface area contributed by atoms with Gasteiger partial charge in [0.15, 0.2) is 0 Å². The number of hydrogen-bond donors (Lipinski definition) is 1. The molecule has 0 aliphatic heterocycles. The molecule has 3 heteroatoms. The predicted octanol–water partition coefficient (Wildman–Crippen LogP) is 2.85. The molecule has 1 aromatic heterocycles. The molecule has 0 radical (unpaired) electrons. The maximum Gasteiger partial charge on any atom is 0.0726 e. The van der Waals surface area contributed by atoms with Gasteiger partial charge in [-0.2, -0.15) is 0 Å². The molecule has 2 aromatic rings. The Labute approximate surface area is 113 Å². The first-order valence-electron chi connectivity index (χ1n) is 6.79. The van der Waals surface area contributed by atoms with Gasteiger partial charge in [-0.25, -0.2) is 0 Å². The van der Waals surface area contributed by atoms with E-state index in [1.807, 2.05) is 12.1 Å². The van der Waals surface area contributed by atoms with Crippen molar-refractivity contribution in [2.45, 2.75) is 25.4 Å². The molecule has 0 bridgehead atoms. The van der Waals surface area contributed by atoms with E-state index in [0.717, 1.165) is 17.8 Å². The highest BCUT2D eigenvalue weighted by atomic mass is 15.2. The largest absolute Gasteiger partial charge is 0.364 e. The molecule has 3 nitrogen and oxygen atoms in total. The van der Waals surface area contributed by atoms with Crippen molar-refractivity contribution < 1.29 is 0 Å². The molecule has 1 aliphatic rings. The highest BCUT2D eigenvalue weighted by Gasteiger charge is 2.29. The molecule has 0 spiro atoms. The lowest BCUT2D eigenvalue weighted by Crippen LogP contribution is -2.26. The Morgan fingerprint density at radius 3 is 2.84 bits per heavy atom. The molecular formula is C16H19N3. The number of hydrogen-bond acceptors (Lipinski definition) is 3. The van der Waals surface area contributed by atoms with Crippen LogP contribution in [0.25, 0.3) is 10.9 Å². The minimum absolute atomic E-state index is 0.477. The molecule has 1 aliphatic carbocycles. The summed E-state index contributed by atoms with van der Waals surface area (Å²) >= 11 is 0. The Morgan fingerprint density at radius 2 is 2.16 bits per heavy atom. The van der Waals surface area contributed by atoms with Gasteiger partial charge < -0.3 is 10.6 Å². The fraction of sp³-hybridized carbons (Fsp3) is 0.312. The highest BCUT2D eigenvalue weighted by molar-refractivity contribution is 5.92. The summed E-state index contributed by atoms with van der Waals surface area (Å²) in [5.41, 5.74) is 8.99. The van der Waals surface area contributed by atoms with Crippen LogP contribution in [0.15, 0.2) is 43.0 Å². The van der Waals surface area contributed by atoms with Crippen molar-refractivity contribution in [3.63, 3.8) is 0 Å². The molecule has 0 amide bonds. The van der Waals surface area contributed by atoms with E-state index in [1.54, 1.807) is 0 Å². The average molecular weight is 253 g/mol. The van der Waals surface area contributed by atoms with Gasteiger partial charge in [-0.1, -0.05) is 24.3 Å². The smallest absolute Gasteiger partial charge is 0.0726 e. The number of pyridine rings is 1. The molecule has 2 N–H and O–H groups in total. The Balaban J connectivity index is 2.16. The number of fused-ring (bicyclic) bond motifs is 1. The molecule has 19 heavy (non-hydrogen) atoms. The number of nitrogens with two attached hydrogens (primary N) is 1. The summed E-state index contributed by atoms with van der Waals surface area (Å²) in [6, 6.07) is 11.1. The fourth-order valence-corrected chi connectivity index (χ4v) is 2.52. The molecule has 1 heterocycles. The lowest BCUT2D eigenvalue weighted by Gasteiger charge is -2.25. The second-order valence-electron chi connectivity index (χ2n) is 5.03. The second kappa shape index (κ2) is 5.02. The Morgan fingerprint density at radius 1 is 1.37 bits per heavy atom. The average Bonchev–Trinajstić information content (AvgIpc) is 3.28. The van der Waals surface area contributed by atoms with Crippen LogP contribution in [0.3, 0.4) is 0 Å². The van der Waals surface area contributed by atoms with Crippen LogP contribution in [-0.2, 0) is 6.54 Å². The summed E-state index contributed by atoms with van der Waals surface area (Å²) in [6.07, 6.45) is 4.50. The van der Waals surface area contributed by atoms with Crippen LogP contribution in [0.4, 0.5) is 5.69 Å². The molecule has 0 atom stereocenters. The number of benzene rings is 1. The van der Waals surface area contributed by atoms with Crippen LogP contribution >= 0.6 is 0 Å². The Bertz CT molecular complexity index is 602. The number of aromatic nitrogens is 1. The van der Waals surface area contributed by atoms with Gasteiger partial charge >= 0.3 is 0 Å². The zero-order valence-electron chi connectivity index (χ0n) is 11.0. The van der Waals surface area contributed by atoms with E-state index >= 15 is 0 Å². The van der Waals surface area contributed by atoms with Crippen molar-refractivity contribution in [1.82, 2.24) is 4.98 Å². The number of anilines is 1. The maximum atomic E-state index is 5.77. The first-order valence-corrected chi connectivity index (χ1v) is 6.79. The van der Waals surface area contributed by atoms with Crippen LogP contribution in [-0.4, -0.2) is 17.6 Å². The quantitative estimate of drug-likeness (QED) is 0.833. The van der Waals surface area contributed by atoms with E-state index in [1.165, 1.54) is 23.9 Å². The summed E-state index contributed by atoms with van der Waals surface area (Å²) in [5.74, 6) is 0. The molecule has 1 fully saturated rings. The summed E-state index contributed by atoms with van der Waals surface area (Å²) in [6.45, 7) is 5.23. The fourth-order valence-electron chi connectivity index (χ4n) is 2.52. The van der Waals surface area contributed by atoms with Crippen molar-refractivity contribution >= 4 is 16.6 Å². The van der Waals surface area contributed by atoms with E-state index < -0.39 is 0 Å². The van der Waals surface area contributed by atoms with Gasteiger partial charge in [0.25, 0.3) is 0 Å². The molecule has 3 rings (SSSR count). The predicted molar refractivity (Wildman–Crippen MR) is 80.2 cm³/mol. The first kappa shape index (κ1) is 12.2. The van der Waals surface area contributed by atoms with Gasteiger partial charge in [-0.05, 0) is 25.0 Å². The Hall–Kier alpha value is -1.87. The van der Waals surface area contributed by atoms with Crippen molar-refractivity contribution in [3.05, 3.63) is 48.7 Å². The number of para-hydroxylation sites is 1. The lowest BCUT2D eigenvalue weighted by atomic mass is 10.1. The van der Waals surface area contributed by atoms with Crippen molar-refractivity contribution in [2.75, 3.05) is 11.4 Å².